The Balaban J connectivity index is 0. The molecule has 0 aromatic heterocycles. The van der Waals surface area contributed by atoms with Gasteiger partial charge >= 0.3 is 0 Å². The first-order valence-electron chi connectivity index (χ1n) is 2.66. The third-order valence-electron chi connectivity index (χ3n) is 0.982. The Bertz CT molecular complexity index is 89.7. The molecule has 0 spiro atoms. The van der Waals surface area contributed by atoms with Crippen LogP contribution in [0.15, 0.2) is 0 Å². The minimum atomic E-state index is -2.44. The number of halogens is 3. The summed E-state index contributed by atoms with van der Waals surface area (Å²) in [7, 11) is 0. The minimum absolute atomic E-state index is 0. The molecule has 0 heterocycles. The van der Waals surface area contributed by atoms with E-state index in [1.165, 1.54) is 6.92 Å². The molecule has 10 heavy (non-hydrogen) atoms. The molecule has 2 nitrogen and oxygen atoms in total. The van der Waals surface area contributed by atoms with Crippen molar-refractivity contribution in [3.63, 3.8) is 0 Å². The topological polar surface area (TPSA) is 46.2 Å². The molecule has 0 amide bonds. The van der Waals surface area contributed by atoms with Crippen LogP contribution in [0, 0.1) is 0 Å². The Hall–Kier alpha value is 0.0700. The Morgan fingerprint density at radius 3 is 2.10 bits per heavy atom. The van der Waals surface area contributed by atoms with Gasteiger partial charge in [0.05, 0.1) is 6.61 Å². The molecule has 0 bridgehead atoms. The molecule has 5 heteroatoms. The predicted molar refractivity (Wildman–Crippen MR) is 37.5 cm³/mol. The van der Waals surface area contributed by atoms with Gasteiger partial charge in [-0.1, -0.05) is 0 Å². The zero-order chi connectivity index (χ0) is 7.49. The molecule has 0 aromatic carbocycles. The van der Waals surface area contributed by atoms with Gasteiger partial charge in [0.1, 0.15) is 0 Å². The second-order valence-electron chi connectivity index (χ2n) is 2.41. The van der Waals surface area contributed by atoms with E-state index in [0.29, 0.717) is 0 Å². The van der Waals surface area contributed by atoms with E-state index in [4.69, 9.17) is 10.8 Å². The molecule has 0 fully saturated rings. The largest absolute Gasteiger partial charge is 0.394 e. The van der Waals surface area contributed by atoms with Crippen molar-refractivity contribution >= 4 is 12.4 Å². The second-order valence-corrected chi connectivity index (χ2v) is 2.41. The lowest BCUT2D eigenvalue weighted by Gasteiger charge is -2.20. The summed E-state index contributed by atoms with van der Waals surface area (Å²) < 4.78 is 23.1. The normalized spacial score (nSPS) is 16.2. The smallest absolute Gasteiger partial charge is 0.240 e. The second kappa shape index (κ2) is 4.82. The zero-order valence-corrected chi connectivity index (χ0v) is 6.50. The molecule has 0 aliphatic heterocycles. The Kier molecular flexibility index (Phi) is 6.13. The first kappa shape index (κ1) is 12.7. The van der Waals surface area contributed by atoms with Gasteiger partial charge in [-0.2, -0.15) is 0 Å². The third-order valence-corrected chi connectivity index (χ3v) is 0.982. The summed E-state index contributed by atoms with van der Waals surface area (Å²) in [5.41, 5.74) is 4.06. The van der Waals surface area contributed by atoms with Gasteiger partial charge in [0.2, 0.25) is 6.43 Å². The summed E-state index contributed by atoms with van der Waals surface area (Å²) >= 11 is 0. The van der Waals surface area contributed by atoms with E-state index in [9.17, 15) is 8.78 Å². The minimum Gasteiger partial charge on any atom is -0.394 e. The van der Waals surface area contributed by atoms with Crippen LogP contribution >= 0.6 is 12.4 Å². The summed E-state index contributed by atoms with van der Waals surface area (Å²) in [6.45, 7) is 0.983. The molecule has 0 aliphatic carbocycles. The van der Waals surface area contributed by atoms with Gasteiger partial charge in [0, 0.05) is 12.0 Å². The molecule has 0 saturated heterocycles. The standard InChI is InChI=1S/C5H11F2NO.ClH/c1-5(8,3-9)2-4(6)7;/h4,9H,2-3,8H2,1H3;1H. The highest BCUT2D eigenvalue weighted by molar-refractivity contribution is 5.85. The van der Waals surface area contributed by atoms with Crippen LogP contribution in [0.25, 0.3) is 0 Å². The van der Waals surface area contributed by atoms with Gasteiger partial charge in [-0.15, -0.1) is 12.4 Å². The summed E-state index contributed by atoms with van der Waals surface area (Å²) in [5.74, 6) is 0. The van der Waals surface area contributed by atoms with Gasteiger partial charge in [0.15, 0.2) is 0 Å². The highest BCUT2D eigenvalue weighted by Gasteiger charge is 2.21. The van der Waals surface area contributed by atoms with Gasteiger partial charge < -0.3 is 10.8 Å². The Morgan fingerprint density at radius 2 is 2.00 bits per heavy atom. The molecule has 0 aromatic rings. The van der Waals surface area contributed by atoms with Crippen molar-refractivity contribution < 1.29 is 13.9 Å². The van der Waals surface area contributed by atoms with Crippen molar-refractivity contribution in [1.29, 1.82) is 0 Å². The molecule has 1 atom stereocenters. The van der Waals surface area contributed by atoms with Gasteiger partial charge in [-0.25, -0.2) is 8.78 Å². The van der Waals surface area contributed by atoms with Crippen LogP contribution in [0.1, 0.15) is 13.3 Å². The van der Waals surface area contributed by atoms with E-state index in [1.807, 2.05) is 0 Å². The van der Waals surface area contributed by atoms with Gasteiger partial charge in [0.25, 0.3) is 0 Å². The van der Waals surface area contributed by atoms with Crippen LogP contribution in [-0.2, 0) is 0 Å². The first-order valence-corrected chi connectivity index (χ1v) is 2.66. The van der Waals surface area contributed by atoms with Gasteiger partial charge in [-0.3, -0.25) is 0 Å². The Labute approximate surface area is 64.8 Å². The number of hydrogen-bond donors (Lipinski definition) is 2. The lowest BCUT2D eigenvalue weighted by atomic mass is 10.0. The Morgan fingerprint density at radius 1 is 1.60 bits per heavy atom. The first-order chi connectivity index (χ1) is 3.98. The average Bonchev–Trinajstić information content (AvgIpc) is 1.63. The maximum absolute atomic E-state index is 11.5. The summed E-state index contributed by atoms with van der Waals surface area (Å²) in [5, 5.41) is 8.38. The third kappa shape index (κ3) is 6.19. The van der Waals surface area contributed by atoms with Crippen LogP contribution < -0.4 is 5.73 Å². The predicted octanol–water partition coefficient (Wildman–Crippen LogP) is 0.773. The number of nitrogens with two attached hydrogens (primary N) is 1. The van der Waals surface area contributed by atoms with Crippen LogP contribution in [0.5, 0.6) is 0 Å². The van der Waals surface area contributed by atoms with Crippen LogP contribution in [0.2, 0.25) is 0 Å². The quantitative estimate of drug-likeness (QED) is 0.666. The summed E-state index contributed by atoms with van der Waals surface area (Å²) in [6, 6.07) is 0. The van der Waals surface area contributed by atoms with Crippen molar-refractivity contribution in [1.82, 2.24) is 0 Å². The molecule has 0 rings (SSSR count). The molecule has 0 radical (unpaired) electrons. The summed E-state index contributed by atoms with van der Waals surface area (Å²) in [4.78, 5) is 0. The number of rotatable bonds is 3. The number of aliphatic hydroxyl groups is 1. The fourth-order valence-electron chi connectivity index (χ4n) is 0.417. The molecule has 0 aliphatic rings. The molecule has 0 saturated carbocycles. The van der Waals surface area contributed by atoms with E-state index in [1.54, 1.807) is 0 Å². The fourth-order valence-corrected chi connectivity index (χ4v) is 0.417. The molecular formula is C5H12ClF2NO. The van der Waals surface area contributed by atoms with Crippen molar-refractivity contribution in [2.45, 2.75) is 25.3 Å². The SMILES string of the molecule is CC(N)(CO)CC(F)F.Cl. The number of hydrogen-bond acceptors (Lipinski definition) is 2. The van der Waals surface area contributed by atoms with E-state index in [0.717, 1.165) is 0 Å². The molecule has 3 N–H and O–H groups in total. The van der Waals surface area contributed by atoms with E-state index in [2.05, 4.69) is 0 Å². The van der Waals surface area contributed by atoms with Crippen molar-refractivity contribution in [2.24, 2.45) is 5.73 Å². The van der Waals surface area contributed by atoms with Crippen LogP contribution in [0.3, 0.4) is 0 Å². The average molecular weight is 176 g/mol. The lowest BCUT2D eigenvalue weighted by molar-refractivity contribution is 0.0845. The van der Waals surface area contributed by atoms with Crippen molar-refractivity contribution in [3.8, 4) is 0 Å². The maximum atomic E-state index is 11.5. The van der Waals surface area contributed by atoms with Crippen molar-refractivity contribution in [3.05, 3.63) is 0 Å². The zero-order valence-electron chi connectivity index (χ0n) is 5.68. The number of aliphatic hydroxyl groups excluding tert-OH is 1. The van der Waals surface area contributed by atoms with Crippen molar-refractivity contribution in [2.75, 3.05) is 6.61 Å². The summed E-state index contributed by atoms with van der Waals surface area (Å²) in [6.07, 6.45) is -2.89. The number of alkyl halides is 2. The van der Waals surface area contributed by atoms with Gasteiger partial charge in [-0.05, 0) is 6.92 Å². The highest BCUT2D eigenvalue weighted by atomic mass is 35.5. The van der Waals surface area contributed by atoms with Crippen LogP contribution in [-0.4, -0.2) is 23.7 Å². The maximum Gasteiger partial charge on any atom is 0.240 e. The van der Waals surface area contributed by atoms with E-state index < -0.39 is 25.0 Å². The van der Waals surface area contributed by atoms with Crippen LogP contribution in [0.4, 0.5) is 8.78 Å². The highest BCUT2D eigenvalue weighted by Crippen LogP contribution is 2.10. The van der Waals surface area contributed by atoms with E-state index >= 15 is 0 Å². The fraction of sp³-hybridized carbons (Fsp3) is 1.00. The van der Waals surface area contributed by atoms with E-state index in [-0.39, 0.29) is 12.4 Å². The molecule has 64 valence electrons. The lowest BCUT2D eigenvalue weighted by Crippen LogP contribution is -2.41. The monoisotopic (exact) mass is 175 g/mol. The molecule has 1 unspecified atom stereocenters. The molecular weight excluding hydrogens is 164 g/mol.